The first-order valence-corrected chi connectivity index (χ1v) is 0. The van der Waals surface area contributed by atoms with Crippen LogP contribution in [0, 0.1) is 46.9 Å². The molecular formula is H4CaLiNaNbYb. The first kappa shape index (κ1) is 32.1. The van der Waals surface area contributed by atoms with E-state index in [0.29, 0.717) is 0 Å². The van der Waals surface area contributed by atoms with Gasteiger partial charge in [-0.1, -0.05) is 0 Å². The second-order valence-corrected chi connectivity index (χ2v) is 0. The fraction of sp³-hybridized carbons (Fsp3) is 0. The van der Waals surface area contributed by atoms with Gasteiger partial charge in [-0.15, -0.1) is 0 Å². The molecule has 0 amide bonds. The van der Waals surface area contributed by atoms with Crippen LogP contribution in [0.4, 0.5) is 0 Å². The molecule has 0 aliphatic heterocycles. The summed E-state index contributed by atoms with van der Waals surface area (Å²) in [7, 11) is 0. The van der Waals surface area contributed by atoms with E-state index >= 15 is 0 Å². The van der Waals surface area contributed by atoms with Crippen LogP contribution in [0.5, 0.6) is 0 Å². The fourth-order valence-corrected chi connectivity index (χ4v) is 0. The van der Waals surface area contributed by atoms with Crippen molar-refractivity contribution in [2.24, 2.45) is 0 Å². The van der Waals surface area contributed by atoms with Crippen molar-refractivity contribution in [2.45, 2.75) is 0 Å². The zero-order valence-corrected chi connectivity index (χ0v) is 11.5. The third kappa shape index (κ3) is 17.6. The zero-order valence-electron chi connectivity index (χ0n) is 7.42. The Morgan fingerprint density at radius 1 is 1.20 bits per heavy atom. The summed E-state index contributed by atoms with van der Waals surface area (Å²) in [6.45, 7) is 0. The molecule has 0 aliphatic rings. The maximum Gasteiger partial charge on any atom is 2.00 e. The molecule has 0 aliphatic carbocycles. The van der Waals surface area contributed by atoms with Crippen LogP contribution < -0.4 is 48.4 Å². The van der Waals surface area contributed by atoms with Gasteiger partial charge in [0.2, 0.25) is 0 Å². The second kappa shape index (κ2) is 22.9. The first-order chi connectivity index (χ1) is 0. The summed E-state index contributed by atoms with van der Waals surface area (Å²) in [4.78, 5) is 0. The Bertz CT molecular complexity index is 20.5. The van der Waals surface area contributed by atoms with Crippen LogP contribution >= 0.6 is 0 Å². The van der Waals surface area contributed by atoms with Gasteiger partial charge in [-0.3, -0.25) is 0 Å². The number of rotatable bonds is 0. The van der Waals surface area contributed by atoms with E-state index in [4.69, 9.17) is 0 Å². The molecule has 0 aromatic carbocycles. The zero-order chi connectivity index (χ0) is 0. The SMILES string of the molecule is [Ca+2].[H-].[H-].[H-].[H-].[Li+].[Na+].[Nb].[Yb]. The molecule has 1 radical (unpaired) electrons. The Labute approximate surface area is 157 Å². The Kier molecular flexibility index (Phi) is 147. The third-order valence-electron chi connectivity index (χ3n) is 0. The Balaban J connectivity index is 0. The summed E-state index contributed by atoms with van der Waals surface area (Å²) in [5.41, 5.74) is 0. The van der Waals surface area contributed by atoms with Crippen LogP contribution in [-0.4, -0.2) is 37.7 Å². The molecule has 0 saturated carbocycles. The second-order valence-electron chi connectivity index (χ2n) is 0. The largest absolute Gasteiger partial charge is 2.00 e. The fourth-order valence-electron chi connectivity index (χ4n) is 0. The molecule has 0 N–H and O–H groups in total. The average Bonchev–Trinajstić information content (AvgIpc) is 0. The molecule has 0 aromatic rings. The average molecular weight is 340 g/mol. The third-order valence-corrected chi connectivity index (χ3v) is 0. The van der Waals surface area contributed by atoms with Crippen molar-refractivity contribution in [3.8, 4) is 0 Å². The Hall–Kier alpha value is 5.12. The molecule has 0 unspecified atom stereocenters. The molecule has 0 rings (SSSR count). The van der Waals surface area contributed by atoms with Crippen LogP contribution in [-0.2, 0) is 22.4 Å². The normalized spacial score (nSPS) is 0. The van der Waals surface area contributed by atoms with Gasteiger partial charge in [0.05, 0.1) is 0 Å². The van der Waals surface area contributed by atoms with Gasteiger partial charge in [-0.05, 0) is 0 Å². The summed E-state index contributed by atoms with van der Waals surface area (Å²) in [5.74, 6) is 0. The summed E-state index contributed by atoms with van der Waals surface area (Å²) >= 11 is 0. The van der Waals surface area contributed by atoms with Gasteiger partial charge < -0.3 is 5.71 Å². The standard InChI is InChI=1S/Ca.Li.Na.Nb.Yb.4H/q+2;2*+1;;;4*-1. The smallest absolute Gasteiger partial charge is 1.00 e. The van der Waals surface area contributed by atoms with Gasteiger partial charge in [0.25, 0.3) is 0 Å². The molecule has 0 spiro atoms. The van der Waals surface area contributed by atoms with Gasteiger partial charge in [0.15, 0.2) is 0 Å². The number of hydrogen-bond donors (Lipinski definition) is 0. The first-order valence-electron chi connectivity index (χ1n) is 0. The maximum absolute atomic E-state index is 0. The van der Waals surface area contributed by atoms with Gasteiger partial charge in [-0.2, -0.15) is 0 Å². The van der Waals surface area contributed by atoms with E-state index in [1.807, 2.05) is 0 Å². The minimum atomic E-state index is 0. The van der Waals surface area contributed by atoms with Crippen molar-refractivity contribution >= 4 is 37.7 Å². The van der Waals surface area contributed by atoms with E-state index in [1.54, 1.807) is 0 Å². The molecule has 0 aromatic heterocycles. The van der Waals surface area contributed by atoms with Crippen molar-refractivity contribution < 1.29 is 123 Å². The predicted molar refractivity (Wildman–Crippen MR) is 10.2 cm³/mol. The molecular weight excluding hydrogens is 336 g/mol. The van der Waals surface area contributed by atoms with Crippen molar-refractivity contribution in [2.75, 3.05) is 0 Å². The van der Waals surface area contributed by atoms with Gasteiger partial charge >= 0.3 is 86.2 Å². The van der Waals surface area contributed by atoms with Crippen LogP contribution in [0.25, 0.3) is 0 Å². The van der Waals surface area contributed by atoms with Crippen LogP contribution in [0.3, 0.4) is 0 Å². The summed E-state index contributed by atoms with van der Waals surface area (Å²) in [5, 5.41) is 0. The maximum atomic E-state index is 0. The molecule has 0 atom stereocenters. The summed E-state index contributed by atoms with van der Waals surface area (Å²) in [6.07, 6.45) is 0. The van der Waals surface area contributed by atoms with Crippen LogP contribution in [0.1, 0.15) is 5.71 Å². The van der Waals surface area contributed by atoms with E-state index < -0.39 is 0 Å². The minimum absolute atomic E-state index is 0. The molecule has 5 heteroatoms. The molecule has 0 fully saturated rings. The molecule has 0 heterocycles. The molecule has 0 nitrogen and oxygen atoms in total. The van der Waals surface area contributed by atoms with Crippen molar-refractivity contribution in [3.63, 3.8) is 0 Å². The summed E-state index contributed by atoms with van der Waals surface area (Å²) in [6, 6.07) is 0. The van der Waals surface area contributed by atoms with E-state index in [9.17, 15) is 0 Å². The van der Waals surface area contributed by atoms with Crippen molar-refractivity contribution in [3.05, 3.63) is 0 Å². The van der Waals surface area contributed by atoms with Gasteiger partial charge in [-0.25, -0.2) is 0 Å². The van der Waals surface area contributed by atoms with Gasteiger partial charge in [0, 0.05) is 69.3 Å². The Morgan fingerprint density at radius 2 is 1.20 bits per heavy atom. The molecule has 5 heavy (non-hydrogen) atoms. The van der Waals surface area contributed by atoms with Crippen molar-refractivity contribution in [1.29, 1.82) is 0 Å². The predicted octanol–water partition coefficient (Wildman–Crippen LogP) is -5.93. The van der Waals surface area contributed by atoms with E-state index in [2.05, 4.69) is 0 Å². The quantitative estimate of drug-likeness (QED) is 0.386. The van der Waals surface area contributed by atoms with Crippen molar-refractivity contribution in [1.82, 2.24) is 0 Å². The Morgan fingerprint density at radius 3 is 1.20 bits per heavy atom. The van der Waals surface area contributed by atoms with E-state index in [-0.39, 0.29) is 161 Å². The van der Waals surface area contributed by atoms with E-state index in [0.717, 1.165) is 0 Å². The molecule has 0 saturated heterocycles. The number of hydrogen-bond acceptors (Lipinski definition) is 0. The van der Waals surface area contributed by atoms with Crippen LogP contribution in [0.15, 0.2) is 0 Å². The topological polar surface area (TPSA) is 0 Å². The summed E-state index contributed by atoms with van der Waals surface area (Å²) < 4.78 is 0. The minimum Gasteiger partial charge on any atom is -1.00 e. The molecule has 27 valence electrons. The van der Waals surface area contributed by atoms with Gasteiger partial charge in [0.1, 0.15) is 0 Å². The monoisotopic (exact) mass is 341 g/mol. The molecule has 0 bridgehead atoms. The van der Waals surface area contributed by atoms with E-state index in [1.165, 1.54) is 0 Å². The van der Waals surface area contributed by atoms with Crippen LogP contribution in [0.2, 0.25) is 0 Å².